The maximum atomic E-state index is 4.40. The van der Waals surface area contributed by atoms with Gasteiger partial charge in [0.25, 0.3) is 0 Å². The minimum Gasteiger partial charge on any atom is -0.352 e. The van der Waals surface area contributed by atoms with Gasteiger partial charge in [-0.1, -0.05) is 40.2 Å². The zero-order valence-corrected chi connectivity index (χ0v) is 16.0. The highest BCUT2D eigenvalue weighted by atomic mass is 79.9. The predicted octanol–water partition coefficient (Wildman–Crippen LogP) is 4.17. The Bertz CT molecular complexity index is 900. The lowest BCUT2D eigenvalue weighted by Crippen LogP contribution is -2.36. The van der Waals surface area contributed by atoms with Crippen molar-refractivity contribution in [3.63, 3.8) is 0 Å². The number of aryl methyl sites for hydroxylation is 1. The minimum absolute atomic E-state index is 0.696. The molecule has 0 atom stereocenters. The molecule has 2 aromatic carbocycles. The van der Waals surface area contributed by atoms with Crippen molar-refractivity contribution in [2.24, 2.45) is 4.99 Å². The summed E-state index contributed by atoms with van der Waals surface area (Å²) in [5, 5.41) is 7.92. The number of benzene rings is 2. The molecule has 1 aromatic heterocycles. The summed E-state index contributed by atoms with van der Waals surface area (Å²) in [4.78, 5) is 8.72. The second kappa shape index (κ2) is 8.12. The molecule has 5 heteroatoms. The second-order valence-corrected chi connectivity index (χ2v) is 6.75. The van der Waals surface area contributed by atoms with Crippen LogP contribution in [0.3, 0.4) is 0 Å². The van der Waals surface area contributed by atoms with E-state index in [1.807, 2.05) is 30.5 Å². The van der Waals surface area contributed by atoms with E-state index < -0.39 is 0 Å². The molecule has 0 aliphatic carbocycles. The van der Waals surface area contributed by atoms with Crippen LogP contribution in [0.25, 0.3) is 10.9 Å². The minimum atomic E-state index is 0.696. The van der Waals surface area contributed by atoms with E-state index in [9.17, 15) is 0 Å². The van der Waals surface area contributed by atoms with E-state index in [2.05, 4.69) is 67.7 Å². The van der Waals surface area contributed by atoms with E-state index in [0.29, 0.717) is 6.54 Å². The van der Waals surface area contributed by atoms with Crippen molar-refractivity contribution in [2.45, 2.75) is 20.0 Å². The lowest BCUT2D eigenvalue weighted by atomic mass is 10.1. The van der Waals surface area contributed by atoms with Crippen LogP contribution in [0, 0.1) is 6.92 Å². The van der Waals surface area contributed by atoms with Crippen molar-refractivity contribution in [1.82, 2.24) is 15.6 Å². The second-order valence-electron chi connectivity index (χ2n) is 5.84. The Kier molecular flexibility index (Phi) is 5.66. The first-order valence-electron chi connectivity index (χ1n) is 8.19. The third-order valence-corrected chi connectivity index (χ3v) is 4.65. The summed E-state index contributed by atoms with van der Waals surface area (Å²) in [5.41, 5.74) is 4.71. The van der Waals surface area contributed by atoms with Crippen LogP contribution in [0.4, 0.5) is 0 Å². The molecule has 2 N–H and O–H groups in total. The monoisotopic (exact) mass is 396 g/mol. The predicted molar refractivity (Wildman–Crippen MR) is 108 cm³/mol. The number of aromatic nitrogens is 1. The number of pyridine rings is 1. The number of aliphatic imine (C=N–C) groups is 1. The van der Waals surface area contributed by atoms with Crippen molar-refractivity contribution < 1.29 is 0 Å². The molecular weight excluding hydrogens is 376 g/mol. The van der Waals surface area contributed by atoms with E-state index >= 15 is 0 Å². The molecule has 0 saturated carbocycles. The zero-order chi connectivity index (χ0) is 17.6. The number of rotatable bonds is 4. The van der Waals surface area contributed by atoms with Gasteiger partial charge in [0.15, 0.2) is 5.96 Å². The largest absolute Gasteiger partial charge is 0.352 e. The van der Waals surface area contributed by atoms with Crippen molar-refractivity contribution >= 4 is 32.8 Å². The van der Waals surface area contributed by atoms with Gasteiger partial charge in [0.1, 0.15) is 0 Å². The fraction of sp³-hybridized carbons (Fsp3) is 0.200. The zero-order valence-electron chi connectivity index (χ0n) is 14.4. The Labute approximate surface area is 156 Å². The number of nitrogens with zero attached hydrogens (tertiary/aromatic N) is 2. The molecule has 0 fully saturated rings. The summed E-state index contributed by atoms with van der Waals surface area (Å²) in [5.74, 6) is 0.781. The fourth-order valence-corrected chi connectivity index (χ4v) is 3.22. The van der Waals surface area contributed by atoms with Gasteiger partial charge < -0.3 is 10.6 Å². The Morgan fingerprint density at radius 2 is 1.80 bits per heavy atom. The first-order chi connectivity index (χ1) is 12.2. The highest BCUT2D eigenvalue weighted by Crippen LogP contribution is 2.16. The number of para-hydroxylation sites is 1. The molecule has 3 rings (SSSR count). The van der Waals surface area contributed by atoms with Gasteiger partial charge in [-0.25, -0.2) is 0 Å². The van der Waals surface area contributed by atoms with Gasteiger partial charge in [0.05, 0.1) is 5.52 Å². The number of guanidine groups is 1. The summed E-state index contributed by atoms with van der Waals surface area (Å²) in [6.07, 6.45) is 1.85. The summed E-state index contributed by atoms with van der Waals surface area (Å²) in [7, 11) is 1.79. The normalized spacial score (nSPS) is 11.6. The van der Waals surface area contributed by atoms with Gasteiger partial charge in [-0.2, -0.15) is 0 Å². The lowest BCUT2D eigenvalue weighted by molar-refractivity contribution is 0.808. The Hall–Kier alpha value is -2.40. The molecule has 1 heterocycles. The highest BCUT2D eigenvalue weighted by Gasteiger charge is 2.04. The van der Waals surface area contributed by atoms with Crippen molar-refractivity contribution in [1.29, 1.82) is 0 Å². The van der Waals surface area contributed by atoms with Crippen molar-refractivity contribution in [3.05, 3.63) is 75.9 Å². The van der Waals surface area contributed by atoms with Gasteiger partial charge in [0.2, 0.25) is 0 Å². The van der Waals surface area contributed by atoms with E-state index in [1.54, 1.807) is 7.05 Å². The molecule has 0 aliphatic heterocycles. The third-order valence-electron chi connectivity index (χ3n) is 4.16. The first-order valence-corrected chi connectivity index (χ1v) is 8.99. The van der Waals surface area contributed by atoms with Crippen LogP contribution in [-0.4, -0.2) is 18.0 Å². The molecule has 0 amide bonds. The quantitative estimate of drug-likeness (QED) is 0.513. The van der Waals surface area contributed by atoms with Gasteiger partial charge in [-0.05, 0) is 47.9 Å². The average Bonchev–Trinajstić information content (AvgIpc) is 2.63. The Balaban J connectivity index is 1.64. The number of halogens is 1. The molecule has 25 heavy (non-hydrogen) atoms. The van der Waals surface area contributed by atoms with E-state index in [0.717, 1.165) is 27.9 Å². The molecule has 0 spiro atoms. The molecule has 0 radical (unpaired) electrons. The molecule has 4 nitrogen and oxygen atoms in total. The summed E-state index contributed by atoms with van der Waals surface area (Å²) in [6.45, 7) is 3.54. The van der Waals surface area contributed by atoms with Gasteiger partial charge in [0, 0.05) is 36.2 Å². The van der Waals surface area contributed by atoms with E-state index in [-0.39, 0.29) is 0 Å². The SMILES string of the molecule is CN=C(NCc1ccc(Br)cc1C)NCc1ccnc2ccccc12. The van der Waals surface area contributed by atoms with Crippen LogP contribution in [0.15, 0.2) is 64.2 Å². The lowest BCUT2D eigenvalue weighted by Gasteiger charge is -2.14. The summed E-state index contributed by atoms with van der Waals surface area (Å²) in [6, 6.07) is 16.5. The summed E-state index contributed by atoms with van der Waals surface area (Å²) >= 11 is 3.50. The summed E-state index contributed by atoms with van der Waals surface area (Å²) < 4.78 is 1.10. The number of hydrogen-bond donors (Lipinski definition) is 2. The average molecular weight is 397 g/mol. The Morgan fingerprint density at radius 1 is 1.04 bits per heavy atom. The van der Waals surface area contributed by atoms with Crippen LogP contribution in [0.1, 0.15) is 16.7 Å². The van der Waals surface area contributed by atoms with E-state index in [4.69, 9.17) is 0 Å². The maximum Gasteiger partial charge on any atom is 0.191 e. The van der Waals surface area contributed by atoms with Crippen LogP contribution < -0.4 is 10.6 Å². The molecule has 0 bridgehead atoms. The molecule has 0 aliphatic rings. The van der Waals surface area contributed by atoms with Crippen molar-refractivity contribution in [3.8, 4) is 0 Å². The van der Waals surface area contributed by atoms with Gasteiger partial charge >= 0.3 is 0 Å². The number of fused-ring (bicyclic) bond motifs is 1. The van der Waals surface area contributed by atoms with Crippen molar-refractivity contribution in [2.75, 3.05) is 7.05 Å². The third kappa shape index (κ3) is 4.37. The Morgan fingerprint density at radius 3 is 2.56 bits per heavy atom. The van der Waals surface area contributed by atoms with Crippen LogP contribution in [-0.2, 0) is 13.1 Å². The highest BCUT2D eigenvalue weighted by molar-refractivity contribution is 9.10. The molecule has 128 valence electrons. The molecule has 0 unspecified atom stereocenters. The van der Waals surface area contributed by atoms with Crippen LogP contribution in [0.2, 0.25) is 0 Å². The standard InChI is InChI=1S/C20H21BrN4/c1-14-11-17(21)8-7-15(14)12-24-20(22-2)25-13-16-9-10-23-19-6-4-3-5-18(16)19/h3-11H,12-13H2,1-2H3,(H2,22,24,25). The van der Waals surface area contributed by atoms with Gasteiger partial charge in [-0.3, -0.25) is 9.98 Å². The first kappa shape index (κ1) is 17.4. The number of nitrogens with one attached hydrogen (secondary N) is 2. The van der Waals surface area contributed by atoms with E-state index in [1.165, 1.54) is 16.7 Å². The topological polar surface area (TPSA) is 49.3 Å². The molecule has 3 aromatic rings. The molecular formula is C20H21BrN4. The maximum absolute atomic E-state index is 4.40. The van der Waals surface area contributed by atoms with Crippen LogP contribution >= 0.6 is 15.9 Å². The molecule has 0 saturated heterocycles. The smallest absolute Gasteiger partial charge is 0.191 e. The van der Waals surface area contributed by atoms with Gasteiger partial charge in [-0.15, -0.1) is 0 Å². The van der Waals surface area contributed by atoms with Crippen LogP contribution in [0.5, 0.6) is 0 Å². The number of hydrogen-bond acceptors (Lipinski definition) is 2. The fourth-order valence-electron chi connectivity index (χ4n) is 2.75.